The molecule has 258 valence electrons. The van der Waals surface area contributed by atoms with Crippen molar-refractivity contribution in [3.8, 4) is 0 Å². The van der Waals surface area contributed by atoms with E-state index < -0.39 is 36.4 Å². The normalized spacial score (nSPS) is 22.6. The van der Waals surface area contributed by atoms with Gasteiger partial charge in [-0.15, -0.1) is 11.3 Å². The van der Waals surface area contributed by atoms with Crippen LogP contribution in [-0.2, 0) is 25.7 Å². The Labute approximate surface area is 254 Å². The maximum absolute atomic E-state index is 12.9. The molecule has 1 amide bonds. The molecule has 0 aromatic carbocycles. The second kappa shape index (κ2) is 16.4. The van der Waals surface area contributed by atoms with Crippen molar-refractivity contribution in [1.82, 2.24) is 19.6 Å². The molecule has 3 atom stereocenters. The summed E-state index contributed by atoms with van der Waals surface area (Å²) >= 11 is 1.84. The Morgan fingerprint density at radius 3 is 1.60 bits per heavy atom. The first-order chi connectivity index (χ1) is 20.4. The summed E-state index contributed by atoms with van der Waals surface area (Å²) in [4.78, 5) is 50.4. The zero-order valence-electron chi connectivity index (χ0n) is 23.7. The number of thiophene rings is 1. The highest BCUT2D eigenvalue weighted by Gasteiger charge is 2.48. The van der Waals surface area contributed by atoms with Crippen molar-refractivity contribution in [2.45, 2.75) is 43.6 Å². The molecule has 0 unspecified atom stereocenters. The van der Waals surface area contributed by atoms with E-state index in [9.17, 15) is 44.3 Å². The summed E-state index contributed by atoms with van der Waals surface area (Å²) in [6.07, 6.45) is -14.2. The number of nitrogens with zero attached hydrogens (tertiary/aromatic N) is 4. The topological polar surface area (TPSA) is 142 Å². The van der Waals surface area contributed by atoms with E-state index in [1.54, 1.807) is 0 Å². The quantitative estimate of drug-likeness (QED) is 0.406. The van der Waals surface area contributed by atoms with Gasteiger partial charge in [-0.25, -0.2) is 14.4 Å². The number of carboxylic acid groups (broad SMARTS) is 3. The van der Waals surface area contributed by atoms with Crippen LogP contribution in [0.15, 0.2) is 17.5 Å². The highest BCUT2D eigenvalue weighted by Crippen LogP contribution is 2.36. The first kappa shape index (κ1) is 39.9. The van der Waals surface area contributed by atoms with Gasteiger partial charge in [-0.3, -0.25) is 14.6 Å². The molecular weight excluding hydrogens is 659 g/mol. The number of piperazine rings is 1. The Kier molecular flexibility index (Phi) is 14.5. The molecule has 0 bridgehead atoms. The number of halogens is 9. The number of fused-ring (bicyclic) bond motifs is 1. The van der Waals surface area contributed by atoms with Crippen LogP contribution in [0.1, 0.15) is 11.3 Å². The van der Waals surface area contributed by atoms with Gasteiger partial charge in [0.05, 0.1) is 6.04 Å². The number of likely N-dealkylation sites (N-methyl/N-ethyl adjacent to an activating group) is 2. The molecule has 0 radical (unpaired) electrons. The first-order valence-corrected chi connectivity index (χ1v) is 13.7. The fraction of sp³-hybridized carbons (Fsp3) is 0.667. The predicted molar refractivity (Wildman–Crippen MR) is 138 cm³/mol. The van der Waals surface area contributed by atoms with Crippen LogP contribution in [0.25, 0.3) is 0 Å². The third kappa shape index (κ3) is 13.4. The Morgan fingerprint density at radius 1 is 0.800 bits per heavy atom. The number of amides is 1. The van der Waals surface area contributed by atoms with Crippen LogP contribution in [0.4, 0.5) is 39.5 Å². The van der Waals surface area contributed by atoms with Crippen molar-refractivity contribution < 1.29 is 74.0 Å². The van der Waals surface area contributed by atoms with Gasteiger partial charge in [-0.05, 0) is 37.9 Å². The molecule has 3 saturated heterocycles. The molecule has 3 fully saturated rings. The molecule has 4 heterocycles. The van der Waals surface area contributed by atoms with Gasteiger partial charge in [0.15, 0.2) is 0 Å². The summed E-state index contributed by atoms with van der Waals surface area (Å²) in [5.74, 6) is -7.26. The largest absolute Gasteiger partial charge is 0.490 e. The average Bonchev–Trinajstić information content (AvgIpc) is 3.62. The second-order valence-corrected chi connectivity index (χ2v) is 11.1. The lowest BCUT2D eigenvalue weighted by molar-refractivity contribution is -0.193. The first-order valence-electron chi connectivity index (χ1n) is 12.8. The average molecular weight is 691 g/mol. The molecular formula is C24H31F9N4O7S. The Bertz CT molecular complexity index is 1070. The SMILES string of the molecule is CN1CCN(C(=O)[C@@H]2C[C@H]3CN(Cc4cccs4)C[C@H]3N2C)CC1.O=C(O)C(F)(F)F.O=C(O)C(F)(F)F.O=C(O)C(F)(F)F. The standard InChI is InChI=1S/C18H28N4OS.3C2HF3O2/c1-19-5-7-22(8-6-19)18(23)16-10-14-11-21(13-17(14)20(16)2)12-15-4-3-9-24-15;3*3-2(4,5)1(6)7/h3-4,9,14,16-17H,5-8,10-13H2,1-2H3;3*(H,6,7)/t14-,16-,17+;;;/m0.../s1. The molecule has 1 aromatic rings. The maximum Gasteiger partial charge on any atom is 0.490 e. The van der Waals surface area contributed by atoms with E-state index in [-0.39, 0.29) is 6.04 Å². The number of carbonyl (C=O) groups is 4. The molecule has 4 rings (SSSR count). The minimum Gasteiger partial charge on any atom is -0.475 e. The monoisotopic (exact) mass is 690 g/mol. The maximum atomic E-state index is 12.9. The molecule has 3 aliphatic heterocycles. The van der Waals surface area contributed by atoms with Gasteiger partial charge in [-0.1, -0.05) is 6.07 Å². The molecule has 0 spiro atoms. The van der Waals surface area contributed by atoms with Gasteiger partial charge in [0.25, 0.3) is 0 Å². The molecule has 0 saturated carbocycles. The van der Waals surface area contributed by atoms with Gasteiger partial charge >= 0.3 is 36.4 Å². The zero-order valence-corrected chi connectivity index (χ0v) is 24.5. The summed E-state index contributed by atoms with van der Waals surface area (Å²) in [5, 5.41) is 23.5. The second-order valence-electron chi connectivity index (χ2n) is 10.1. The van der Waals surface area contributed by atoms with Gasteiger partial charge < -0.3 is 25.1 Å². The van der Waals surface area contributed by atoms with Crippen LogP contribution in [0.3, 0.4) is 0 Å². The number of rotatable bonds is 3. The van der Waals surface area contributed by atoms with Crippen molar-refractivity contribution in [3.05, 3.63) is 22.4 Å². The van der Waals surface area contributed by atoms with E-state index in [0.717, 1.165) is 52.2 Å². The zero-order chi connectivity index (χ0) is 34.9. The summed E-state index contributed by atoms with van der Waals surface area (Å²) < 4.78 is 95.2. The number of aliphatic carboxylic acids is 3. The smallest absolute Gasteiger partial charge is 0.475 e. The van der Waals surface area contributed by atoms with E-state index >= 15 is 0 Å². The molecule has 21 heteroatoms. The number of carbonyl (C=O) groups excluding carboxylic acids is 1. The Balaban J connectivity index is 0.000000396. The van der Waals surface area contributed by atoms with E-state index in [4.69, 9.17) is 29.7 Å². The van der Waals surface area contributed by atoms with Gasteiger partial charge in [0.1, 0.15) is 0 Å². The van der Waals surface area contributed by atoms with Crippen molar-refractivity contribution in [2.75, 3.05) is 53.4 Å². The fourth-order valence-corrected chi connectivity index (χ4v) is 5.33. The lowest BCUT2D eigenvalue weighted by Gasteiger charge is -2.36. The van der Waals surface area contributed by atoms with E-state index in [2.05, 4.69) is 51.2 Å². The fourth-order valence-electron chi connectivity index (χ4n) is 4.58. The lowest BCUT2D eigenvalue weighted by atomic mass is 10.0. The molecule has 3 aliphatic rings. The molecule has 0 aliphatic carbocycles. The van der Waals surface area contributed by atoms with Gasteiger partial charge in [0.2, 0.25) is 5.91 Å². The number of carboxylic acids is 3. The molecule has 1 aromatic heterocycles. The molecule has 11 nitrogen and oxygen atoms in total. The van der Waals surface area contributed by atoms with Crippen molar-refractivity contribution in [2.24, 2.45) is 5.92 Å². The highest BCUT2D eigenvalue weighted by atomic mass is 32.1. The lowest BCUT2D eigenvalue weighted by Crippen LogP contribution is -2.53. The number of alkyl halides is 9. The van der Waals surface area contributed by atoms with Gasteiger partial charge in [-0.2, -0.15) is 39.5 Å². The Hall–Kier alpha value is -3.17. The summed E-state index contributed by atoms with van der Waals surface area (Å²) in [5.41, 5.74) is 0. The van der Waals surface area contributed by atoms with Crippen LogP contribution < -0.4 is 0 Å². The number of hydrogen-bond donors (Lipinski definition) is 3. The van der Waals surface area contributed by atoms with Crippen LogP contribution in [0.2, 0.25) is 0 Å². The van der Waals surface area contributed by atoms with Crippen LogP contribution in [0, 0.1) is 5.92 Å². The summed E-state index contributed by atoms with van der Waals surface area (Å²) in [7, 11) is 4.30. The summed E-state index contributed by atoms with van der Waals surface area (Å²) in [6.45, 7) is 7.09. The summed E-state index contributed by atoms with van der Waals surface area (Å²) in [6, 6.07) is 5.01. The van der Waals surface area contributed by atoms with E-state index in [1.807, 2.05) is 11.3 Å². The number of hydrogen-bond acceptors (Lipinski definition) is 8. The van der Waals surface area contributed by atoms with E-state index in [0.29, 0.717) is 17.9 Å². The number of likely N-dealkylation sites (tertiary alicyclic amines) is 2. The Morgan fingerprint density at radius 2 is 1.24 bits per heavy atom. The van der Waals surface area contributed by atoms with Crippen LogP contribution in [-0.4, -0.2) is 143 Å². The van der Waals surface area contributed by atoms with Crippen molar-refractivity contribution in [1.29, 1.82) is 0 Å². The minimum absolute atomic E-state index is 0.104. The van der Waals surface area contributed by atoms with Gasteiger partial charge in [0, 0.05) is 56.7 Å². The highest BCUT2D eigenvalue weighted by molar-refractivity contribution is 7.09. The molecule has 3 N–H and O–H groups in total. The third-order valence-corrected chi connectivity index (χ3v) is 7.67. The van der Waals surface area contributed by atoms with E-state index in [1.165, 1.54) is 4.88 Å². The minimum atomic E-state index is -5.08. The van der Waals surface area contributed by atoms with Crippen LogP contribution in [0.5, 0.6) is 0 Å². The molecule has 45 heavy (non-hydrogen) atoms. The predicted octanol–water partition coefficient (Wildman–Crippen LogP) is 2.93. The van der Waals surface area contributed by atoms with Crippen molar-refractivity contribution in [3.63, 3.8) is 0 Å². The van der Waals surface area contributed by atoms with Crippen molar-refractivity contribution >= 4 is 35.2 Å². The third-order valence-electron chi connectivity index (χ3n) is 6.81. The van der Waals surface area contributed by atoms with Crippen LogP contribution >= 0.6 is 11.3 Å².